The van der Waals surface area contributed by atoms with Gasteiger partial charge in [-0.05, 0) is 56.0 Å². The van der Waals surface area contributed by atoms with E-state index >= 15 is 0 Å². The molecule has 0 amide bonds. The average molecular weight is 522 g/mol. The van der Waals surface area contributed by atoms with Crippen LogP contribution in [0.3, 0.4) is 0 Å². The molecular formula is C29H35N3O4S. The van der Waals surface area contributed by atoms with Gasteiger partial charge in [0.2, 0.25) is 0 Å². The highest BCUT2D eigenvalue weighted by Gasteiger charge is 2.25. The molecule has 1 aromatic carbocycles. The molecule has 1 aliphatic heterocycles. The number of ketones is 2. The molecule has 0 saturated carbocycles. The fourth-order valence-corrected chi connectivity index (χ4v) is 5.54. The number of carbonyl (C=O) groups excluding carboxylic acids is 2. The molecule has 1 saturated heterocycles. The Kier molecular flexibility index (Phi) is 8.92. The molecule has 1 fully saturated rings. The molecule has 4 rings (SSSR count). The van der Waals surface area contributed by atoms with Gasteiger partial charge < -0.3 is 14.4 Å². The fourth-order valence-electron chi connectivity index (χ4n) is 4.45. The van der Waals surface area contributed by atoms with Gasteiger partial charge in [0.25, 0.3) is 0 Å². The summed E-state index contributed by atoms with van der Waals surface area (Å²) in [7, 11) is 0. The van der Waals surface area contributed by atoms with Crippen LogP contribution in [-0.2, 0) is 11.2 Å². The summed E-state index contributed by atoms with van der Waals surface area (Å²) < 4.78 is 11.9. The Hall–Kier alpha value is -3.26. The number of benzene rings is 1. The SMILES string of the molecule is CCCOc1ccc(N2CC[C@@H](Oc3ccc([C@H](C)CC(=O)c4sc(CC(C)=O)nc4C)cc3)C2)nc1. The van der Waals surface area contributed by atoms with E-state index in [2.05, 4.69) is 28.7 Å². The largest absolute Gasteiger partial charge is 0.492 e. The van der Waals surface area contributed by atoms with Crippen molar-refractivity contribution in [3.8, 4) is 11.5 Å². The third-order valence-electron chi connectivity index (χ3n) is 6.40. The Labute approximate surface area is 222 Å². The van der Waals surface area contributed by atoms with Gasteiger partial charge in [-0.2, -0.15) is 0 Å². The zero-order chi connectivity index (χ0) is 26.4. The van der Waals surface area contributed by atoms with Gasteiger partial charge in [-0.3, -0.25) is 9.59 Å². The number of ether oxygens (including phenoxy) is 2. The van der Waals surface area contributed by atoms with E-state index in [1.54, 1.807) is 6.20 Å². The van der Waals surface area contributed by atoms with E-state index in [9.17, 15) is 9.59 Å². The van der Waals surface area contributed by atoms with Crippen LogP contribution in [0.1, 0.15) is 71.9 Å². The molecule has 37 heavy (non-hydrogen) atoms. The molecule has 196 valence electrons. The van der Waals surface area contributed by atoms with Gasteiger partial charge in [0.15, 0.2) is 5.78 Å². The van der Waals surface area contributed by atoms with Gasteiger partial charge in [-0.15, -0.1) is 11.3 Å². The number of carbonyl (C=O) groups is 2. The Morgan fingerprint density at radius 3 is 2.59 bits per heavy atom. The number of rotatable bonds is 12. The molecule has 0 spiro atoms. The van der Waals surface area contributed by atoms with Crippen LogP contribution in [0.5, 0.6) is 11.5 Å². The minimum atomic E-state index is 0.0527. The molecule has 0 unspecified atom stereocenters. The van der Waals surface area contributed by atoms with Crippen LogP contribution in [0.15, 0.2) is 42.6 Å². The van der Waals surface area contributed by atoms with E-state index in [0.29, 0.717) is 28.6 Å². The van der Waals surface area contributed by atoms with Gasteiger partial charge in [-0.25, -0.2) is 9.97 Å². The Morgan fingerprint density at radius 2 is 1.92 bits per heavy atom. The second-order valence-corrected chi connectivity index (χ2v) is 10.8. The molecule has 1 aliphatic rings. The second-order valence-electron chi connectivity index (χ2n) is 9.67. The number of pyridine rings is 1. The van der Waals surface area contributed by atoms with Gasteiger partial charge >= 0.3 is 0 Å². The molecule has 0 aliphatic carbocycles. The second kappa shape index (κ2) is 12.3. The van der Waals surface area contributed by atoms with Crippen molar-refractivity contribution in [2.75, 3.05) is 24.6 Å². The quantitative estimate of drug-likeness (QED) is 0.279. The highest BCUT2D eigenvalue weighted by Crippen LogP contribution is 2.28. The van der Waals surface area contributed by atoms with Crippen molar-refractivity contribution in [1.82, 2.24) is 9.97 Å². The number of anilines is 1. The van der Waals surface area contributed by atoms with Gasteiger partial charge in [0.1, 0.15) is 34.2 Å². The number of aromatic nitrogens is 2. The maximum Gasteiger partial charge on any atom is 0.175 e. The van der Waals surface area contributed by atoms with E-state index in [1.807, 2.05) is 43.3 Å². The van der Waals surface area contributed by atoms with Crippen LogP contribution in [0, 0.1) is 6.92 Å². The summed E-state index contributed by atoms with van der Waals surface area (Å²) in [6.45, 7) is 9.90. The van der Waals surface area contributed by atoms with Crippen molar-refractivity contribution in [3.63, 3.8) is 0 Å². The van der Waals surface area contributed by atoms with Crippen LogP contribution in [-0.4, -0.2) is 47.3 Å². The molecule has 7 nitrogen and oxygen atoms in total. The monoisotopic (exact) mass is 521 g/mol. The first-order valence-corrected chi connectivity index (χ1v) is 13.7. The molecule has 0 N–H and O–H groups in total. The molecular weight excluding hydrogens is 486 g/mol. The van der Waals surface area contributed by atoms with Crippen molar-refractivity contribution in [2.45, 2.75) is 65.4 Å². The standard InChI is InChI=1S/C29H35N3O4S/c1-5-14-35-24-10-11-27(30-17-24)32-13-12-25(18-32)36-23-8-6-22(7-9-23)19(2)15-26(34)29-21(4)31-28(37-29)16-20(3)33/h6-11,17,19,25H,5,12-16,18H2,1-4H3/t19-,25-/m1/s1. The van der Waals surface area contributed by atoms with Gasteiger partial charge in [0.05, 0.1) is 36.3 Å². The third-order valence-corrected chi connectivity index (χ3v) is 7.60. The lowest BCUT2D eigenvalue weighted by Crippen LogP contribution is -2.25. The molecule has 0 radical (unpaired) electrons. The lowest BCUT2D eigenvalue weighted by Gasteiger charge is -2.19. The van der Waals surface area contributed by atoms with Crippen LogP contribution in [0.25, 0.3) is 0 Å². The molecule has 2 atom stereocenters. The number of thiazole rings is 1. The summed E-state index contributed by atoms with van der Waals surface area (Å²) in [6, 6.07) is 12.0. The number of Topliss-reactive ketones (excluding diaryl/α,β-unsaturated/α-hetero) is 2. The van der Waals surface area contributed by atoms with Gasteiger partial charge in [0, 0.05) is 19.4 Å². The fraction of sp³-hybridized carbons (Fsp3) is 0.448. The Bertz CT molecular complexity index is 1210. The molecule has 2 aromatic heterocycles. The summed E-state index contributed by atoms with van der Waals surface area (Å²) >= 11 is 1.34. The highest BCUT2D eigenvalue weighted by molar-refractivity contribution is 7.14. The van der Waals surface area contributed by atoms with E-state index < -0.39 is 0 Å². The van der Waals surface area contributed by atoms with Crippen molar-refractivity contribution >= 4 is 28.7 Å². The predicted octanol–water partition coefficient (Wildman–Crippen LogP) is 5.80. The van der Waals surface area contributed by atoms with Crippen molar-refractivity contribution in [3.05, 3.63) is 63.7 Å². The van der Waals surface area contributed by atoms with Crippen LogP contribution < -0.4 is 14.4 Å². The van der Waals surface area contributed by atoms with E-state index in [-0.39, 0.29) is 30.0 Å². The smallest absolute Gasteiger partial charge is 0.175 e. The maximum absolute atomic E-state index is 12.9. The summed E-state index contributed by atoms with van der Waals surface area (Å²) in [4.78, 5) is 36.1. The Morgan fingerprint density at radius 1 is 1.16 bits per heavy atom. The van der Waals surface area contributed by atoms with Crippen molar-refractivity contribution in [2.24, 2.45) is 0 Å². The maximum atomic E-state index is 12.9. The normalized spacial score (nSPS) is 16.0. The van der Waals surface area contributed by atoms with E-state index in [1.165, 1.54) is 18.3 Å². The first-order valence-electron chi connectivity index (χ1n) is 12.9. The van der Waals surface area contributed by atoms with Crippen LogP contribution in [0.2, 0.25) is 0 Å². The Balaban J connectivity index is 1.28. The first kappa shape index (κ1) is 26.8. The molecule has 3 aromatic rings. The minimum Gasteiger partial charge on any atom is -0.492 e. The number of hydrogen-bond acceptors (Lipinski definition) is 8. The lowest BCUT2D eigenvalue weighted by atomic mass is 9.95. The third kappa shape index (κ3) is 7.16. The summed E-state index contributed by atoms with van der Waals surface area (Å²) in [5, 5.41) is 0.710. The lowest BCUT2D eigenvalue weighted by molar-refractivity contribution is -0.116. The summed E-state index contributed by atoms with van der Waals surface area (Å²) in [6.07, 6.45) is 4.47. The zero-order valence-electron chi connectivity index (χ0n) is 22.0. The van der Waals surface area contributed by atoms with Crippen molar-refractivity contribution in [1.29, 1.82) is 0 Å². The number of nitrogens with zero attached hydrogens (tertiary/aromatic N) is 3. The van der Waals surface area contributed by atoms with E-state index in [0.717, 1.165) is 48.8 Å². The first-order chi connectivity index (χ1) is 17.8. The van der Waals surface area contributed by atoms with Gasteiger partial charge in [-0.1, -0.05) is 26.0 Å². The molecule has 0 bridgehead atoms. The predicted molar refractivity (Wildman–Crippen MR) is 146 cm³/mol. The summed E-state index contributed by atoms with van der Waals surface area (Å²) in [5.74, 6) is 2.76. The average Bonchev–Trinajstić information content (AvgIpc) is 3.49. The zero-order valence-corrected chi connectivity index (χ0v) is 22.8. The highest BCUT2D eigenvalue weighted by atomic mass is 32.1. The topological polar surface area (TPSA) is 81.6 Å². The van der Waals surface area contributed by atoms with Crippen LogP contribution >= 0.6 is 11.3 Å². The summed E-state index contributed by atoms with van der Waals surface area (Å²) in [5.41, 5.74) is 1.80. The number of aryl methyl sites for hydroxylation is 1. The van der Waals surface area contributed by atoms with E-state index in [4.69, 9.17) is 9.47 Å². The number of hydrogen-bond donors (Lipinski definition) is 0. The minimum absolute atomic E-state index is 0.0527. The molecule has 3 heterocycles. The van der Waals surface area contributed by atoms with Crippen molar-refractivity contribution < 1.29 is 19.1 Å². The molecule has 8 heteroatoms. The van der Waals surface area contributed by atoms with Crippen LogP contribution in [0.4, 0.5) is 5.82 Å².